The van der Waals surface area contributed by atoms with Crippen LogP contribution in [-0.4, -0.2) is 21.5 Å². The number of carbonyl (C=O) groups excluding carboxylic acids is 1. The highest BCUT2D eigenvalue weighted by Crippen LogP contribution is 2.24. The minimum absolute atomic E-state index is 0.0993. The van der Waals surface area contributed by atoms with Crippen LogP contribution in [0.1, 0.15) is 21.6 Å². The molecule has 0 aliphatic carbocycles. The highest BCUT2D eigenvalue weighted by Gasteiger charge is 2.09. The Kier molecular flexibility index (Phi) is 6.72. The first-order chi connectivity index (χ1) is 12.6. The van der Waals surface area contributed by atoms with E-state index < -0.39 is 0 Å². The molecule has 6 heteroatoms. The summed E-state index contributed by atoms with van der Waals surface area (Å²) in [5.74, 6) is 1.23. The van der Waals surface area contributed by atoms with Crippen molar-refractivity contribution in [1.82, 2.24) is 9.97 Å². The first-order valence-electron chi connectivity index (χ1n) is 8.04. The molecule has 26 heavy (non-hydrogen) atoms. The maximum absolute atomic E-state index is 12.2. The van der Waals surface area contributed by atoms with Gasteiger partial charge >= 0.3 is 0 Å². The highest BCUT2D eigenvalue weighted by atomic mass is 35.5. The van der Waals surface area contributed by atoms with Crippen molar-refractivity contribution in [2.24, 2.45) is 0 Å². The minimum Gasteiger partial charge on any atom is -0.293 e. The first kappa shape index (κ1) is 19.0. The number of ketones is 1. The zero-order valence-corrected chi connectivity index (χ0v) is 16.6. The zero-order valence-electron chi connectivity index (χ0n) is 14.2. The number of hydrogen-bond donors (Lipinski definition) is 0. The normalized spacial score (nSPS) is 10.7. The van der Waals surface area contributed by atoms with Gasteiger partial charge in [-0.05, 0) is 30.7 Å². The van der Waals surface area contributed by atoms with Gasteiger partial charge in [-0.2, -0.15) is 0 Å². The van der Waals surface area contributed by atoms with E-state index in [-0.39, 0.29) is 5.78 Å². The summed E-state index contributed by atoms with van der Waals surface area (Å²) in [6.45, 7) is 1.94. The van der Waals surface area contributed by atoms with Crippen molar-refractivity contribution in [3.05, 3.63) is 82.5 Å². The molecule has 0 radical (unpaired) electrons. The van der Waals surface area contributed by atoms with E-state index in [1.165, 1.54) is 11.8 Å². The van der Waals surface area contributed by atoms with Gasteiger partial charge in [-0.3, -0.25) is 4.79 Å². The fourth-order valence-electron chi connectivity index (χ4n) is 2.23. The lowest BCUT2D eigenvalue weighted by Gasteiger charge is -2.06. The van der Waals surface area contributed by atoms with E-state index in [0.29, 0.717) is 5.75 Å². The fourth-order valence-corrected chi connectivity index (χ4v) is 4.12. The van der Waals surface area contributed by atoms with Gasteiger partial charge in [0.15, 0.2) is 10.9 Å². The Bertz CT molecular complexity index is 886. The maximum Gasteiger partial charge on any atom is 0.189 e. The summed E-state index contributed by atoms with van der Waals surface area (Å²) in [5.41, 5.74) is 2.79. The SMILES string of the molecule is Cc1cc(SCC(=O)c2ccccc2)nc(SCc2ccc(Cl)cc2)n1. The van der Waals surface area contributed by atoms with Crippen LogP contribution in [0.15, 0.2) is 70.8 Å². The standard InChI is InChI=1S/C20H17ClN2OS2/c1-14-11-19(25-13-18(24)16-5-3-2-4-6-16)23-20(22-14)26-12-15-7-9-17(21)10-8-15/h2-11H,12-13H2,1H3. The van der Waals surface area contributed by atoms with Crippen molar-refractivity contribution in [3.8, 4) is 0 Å². The predicted octanol–water partition coefficient (Wildman–Crippen LogP) is 5.71. The van der Waals surface area contributed by atoms with Gasteiger partial charge in [-0.1, -0.05) is 77.6 Å². The number of aromatic nitrogens is 2. The van der Waals surface area contributed by atoms with E-state index >= 15 is 0 Å². The van der Waals surface area contributed by atoms with Crippen LogP contribution in [0.2, 0.25) is 5.02 Å². The number of carbonyl (C=O) groups is 1. The Labute approximate surface area is 166 Å². The molecular formula is C20H17ClN2OS2. The van der Waals surface area contributed by atoms with E-state index in [4.69, 9.17) is 11.6 Å². The molecule has 3 aromatic rings. The summed E-state index contributed by atoms with van der Waals surface area (Å²) in [6, 6.07) is 19.0. The van der Waals surface area contributed by atoms with Crippen molar-refractivity contribution in [2.75, 3.05) is 5.75 Å². The lowest BCUT2D eigenvalue weighted by molar-refractivity contribution is 0.102. The van der Waals surface area contributed by atoms with Crippen LogP contribution in [0.4, 0.5) is 0 Å². The molecule has 0 amide bonds. The summed E-state index contributed by atoms with van der Waals surface area (Å²) in [4.78, 5) is 21.3. The van der Waals surface area contributed by atoms with Gasteiger partial charge in [-0.25, -0.2) is 9.97 Å². The molecule has 0 spiro atoms. The van der Waals surface area contributed by atoms with E-state index in [1.807, 2.05) is 67.6 Å². The average molecular weight is 401 g/mol. The van der Waals surface area contributed by atoms with Crippen molar-refractivity contribution >= 4 is 40.9 Å². The Hall–Kier alpha value is -1.82. The number of nitrogens with zero attached hydrogens (tertiary/aromatic N) is 2. The number of Topliss-reactive ketones (excluding diaryl/α,β-unsaturated/α-hetero) is 1. The monoisotopic (exact) mass is 400 g/mol. The third-order valence-corrected chi connectivity index (χ3v) is 5.62. The Morgan fingerprint density at radius 2 is 1.73 bits per heavy atom. The molecule has 0 fully saturated rings. The smallest absolute Gasteiger partial charge is 0.189 e. The molecule has 3 rings (SSSR count). The molecule has 0 aliphatic heterocycles. The summed E-state index contributed by atoms with van der Waals surface area (Å²) < 4.78 is 0. The number of thioether (sulfide) groups is 2. The van der Waals surface area contributed by atoms with Crippen molar-refractivity contribution in [2.45, 2.75) is 22.9 Å². The van der Waals surface area contributed by atoms with Crippen LogP contribution >= 0.6 is 35.1 Å². The second-order valence-electron chi connectivity index (χ2n) is 5.62. The molecule has 0 saturated heterocycles. The van der Waals surface area contributed by atoms with E-state index in [2.05, 4.69) is 9.97 Å². The van der Waals surface area contributed by atoms with Gasteiger partial charge in [0.2, 0.25) is 0 Å². The first-order valence-corrected chi connectivity index (χ1v) is 10.4. The minimum atomic E-state index is 0.0993. The van der Waals surface area contributed by atoms with Gasteiger partial charge in [0.1, 0.15) is 5.03 Å². The molecular weight excluding hydrogens is 384 g/mol. The van der Waals surface area contributed by atoms with Crippen molar-refractivity contribution in [3.63, 3.8) is 0 Å². The fraction of sp³-hybridized carbons (Fsp3) is 0.150. The van der Waals surface area contributed by atoms with Gasteiger partial charge in [-0.15, -0.1) is 0 Å². The summed E-state index contributed by atoms with van der Waals surface area (Å²) in [5, 5.41) is 2.27. The Balaban J connectivity index is 1.62. The molecule has 132 valence electrons. The second-order valence-corrected chi connectivity index (χ2v) is 8.00. The molecule has 2 aromatic carbocycles. The molecule has 1 heterocycles. The predicted molar refractivity (Wildman–Crippen MR) is 109 cm³/mol. The largest absolute Gasteiger partial charge is 0.293 e. The van der Waals surface area contributed by atoms with Gasteiger partial charge in [0, 0.05) is 22.0 Å². The molecule has 0 saturated carbocycles. The van der Waals surface area contributed by atoms with E-state index in [1.54, 1.807) is 11.8 Å². The summed E-state index contributed by atoms with van der Waals surface area (Å²) in [6.07, 6.45) is 0. The number of hydrogen-bond acceptors (Lipinski definition) is 5. The van der Waals surface area contributed by atoms with Crippen LogP contribution < -0.4 is 0 Å². The van der Waals surface area contributed by atoms with E-state index in [9.17, 15) is 4.79 Å². The molecule has 0 atom stereocenters. The molecule has 1 aromatic heterocycles. The van der Waals surface area contributed by atoms with Gasteiger partial charge in [0.05, 0.1) is 5.75 Å². The van der Waals surface area contributed by atoms with Crippen molar-refractivity contribution in [1.29, 1.82) is 0 Å². The lowest BCUT2D eigenvalue weighted by Crippen LogP contribution is -2.02. The molecule has 3 nitrogen and oxygen atoms in total. The van der Waals surface area contributed by atoms with Crippen LogP contribution in [0, 0.1) is 6.92 Å². The molecule has 0 unspecified atom stereocenters. The van der Waals surface area contributed by atoms with E-state index in [0.717, 1.165) is 37.8 Å². The molecule has 0 N–H and O–H groups in total. The van der Waals surface area contributed by atoms with Crippen LogP contribution in [-0.2, 0) is 5.75 Å². The van der Waals surface area contributed by atoms with Gasteiger partial charge in [0.25, 0.3) is 0 Å². The Morgan fingerprint density at radius 1 is 1.00 bits per heavy atom. The average Bonchev–Trinajstić information content (AvgIpc) is 2.66. The van der Waals surface area contributed by atoms with Crippen LogP contribution in [0.25, 0.3) is 0 Å². The number of aryl methyl sites for hydroxylation is 1. The highest BCUT2D eigenvalue weighted by molar-refractivity contribution is 8.00. The third-order valence-electron chi connectivity index (χ3n) is 3.54. The number of halogens is 1. The maximum atomic E-state index is 12.2. The van der Waals surface area contributed by atoms with Crippen LogP contribution in [0.3, 0.4) is 0 Å². The third kappa shape index (κ3) is 5.59. The summed E-state index contributed by atoms with van der Waals surface area (Å²) in [7, 11) is 0. The quantitative estimate of drug-likeness (QED) is 0.220. The lowest BCUT2D eigenvalue weighted by atomic mass is 10.2. The Morgan fingerprint density at radius 3 is 2.46 bits per heavy atom. The van der Waals surface area contributed by atoms with Gasteiger partial charge < -0.3 is 0 Å². The topological polar surface area (TPSA) is 42.9 Å². The molecule has 0 aliphatic rings. The number of rotatable bonds is 7. The number of benzene rings is 2. The second kappa shape index (κ2) is 9.21. The van der Waals surface area contributed by atoms with Crippen LogP contribution in [0.5, 0.6) is 0 Å². The zero-order chi connectivity index (χ0) is 18.4. The van der Waals surface area contributed by atoms with Crippen molar-refractivity contribution < 1.29 is 4.79 Å². The molecule has 0 bridgehead atoms. The summed E-state index contributed by atoms with van der Waals surface area (Å²) >= 11 is 8.93.